The van der Waals surface area contributed by atoms with Crippen LogP contribution in [0.5, 0.6) is 5.75 Å². The number of halogens is 2. The Kier molecular flexibility index (Phi) is 8.62. The number of aromatic nitrogens is 1. The molecule has 5 rings (SSSR count). The van der Waals surface area contributed by atoms with Crippen molar-refractivity contribution in [2.75, 3.05) is 19.8 Å². The minimum atomic E-state index is -0.700. The number of ether oxygens (including phenoxy) is 2. The molecule has 3 N–H and O–H groups in total. The van der Waals surface area contributed by atoms with Gasteiger partial charge in [0.1, 0.15) is 30.4 Å². The van der Waals surface area contributed by atoms with Gasteiger partial charge in [-0.05, 0) is 44.0 Å². The highest BCUT2D eigenvalue weighted by Crippen LogP contribution is 2.28. The molecule has 2 aliphatic heterocycles. The van der Waals surface area contributed by atoms with E-state index in [1.165, 1.54) is 30.2 Å². The van der Waals surface area contributed by atoms with E-state index in [1.54, 1.807) is 35.0 Å². The number of amides is 3. The number of likely N-dealkylation sites (tertiary alicyclic amines) is 1. The number of ketones is 1. The highest BCUT2D eigenvalue weighted by Gasteiger charge is 2.34. The standard InChI is InChI=1S/C29H29ClFN5O6/c1-17(37)22-13-35(24-8-7-20(10-21(22)24)42-29(40)33-12-19-15-41-16-34-19)14-26(38)36-9-3-6-25(36)28(39)32-11-18-4-2-5-23(30)27(18)31/h2,4-5,7-8,10,13,15,25,34H,3,6,9,11-12,14,16H2,1H3,(H,32,39)(H,33,40)/t25-/m0/s1. The molecule has 220 valence electrons. The Hall–Kier alpha value is -4.58. The van der Waals surface area contributed by atoms with E-state index in [-0.39, 0.29) is 53.6 Å². The van der Waals surface area contributed by atoms with Crippen LogP contribution in [0.3, 0.4) is 0 Å². The molecule has 3 heterocycles. The van der Waals surface area contributed by atoms with Crippen LogP contribution in [-0.4, -0.2) is 59.0 Å². The Morgan fingerprint density at radius 1 is 1.17 bits per heavy atom. The molecule has 2 aliphatic rings. The SMILES string of the molecule is CC(=O)c1cn(CC(=O)N2CCC[C@H]2C(=O)NCc2cccc(Cl)c2F)c2ccc(OC(=O)NCC3=COCN3)cc12. The van der Waals surface area contributed by atoms with Crippen LogP contribution in [0.4, 0.5) is 9.18 Å². The lowest BCUT2D eigenvalue weighted by Gasteiger charge is -2.24. The minimum Gasteiger partial charge on any atom is -0.479 e. The molecule has 0 bridgehead atoms. The van der Waals surface area contributed by atoms with Gasteiger partial charge in [0.2, 0.25) is 11.8 Å². The average Bonchev–Trinajstić information content (AvgIpc) is 3.73. The van der Waals surface area contributed by atoms with Crippen LogP contribution in [0.25, 0.3) is 10.9 Å². The Morgan fingerprint density at radius 3 is 2.76 bits per heavy atom. The van der Waals surface area contributed by atoms with E-state index in [4.69, 9.17) is 21.1 Å². The van der Waals surface area contributed by atoms with Gasteiger partial charge < -0.3 is 34.9 Å². The molecule has 2 aromatic carbocycles. The van der Waals surface area contributed by atoms with E-state index in [1.807, 2.05) is 0 Å². The first-order chi connectivity index (χ1) is 20.2. The predicted octanol–water partition coefficient (Wildman–Crippen LogP) is 3.45. The first kappa shape index (κ1) is 28.9. The van der Waals surface area contributed by atoms with Crippen molar-refractivity contribution in [3.8, 4) is 5.75 Å². The number of nitrogens with zero attached hydrogens (tertiary/aromatic N) is 2. The average molecular weight is 598 g/mol. The zero-order valence-electron chi connectivity index (χ0n) is 22.7. The molecule has 1 atom stereocenters. The van der Waals surface area contributed by atoms with Crippen LogP contribution in [-0.2, 0) is 27.4 Å². The third-order valence-corrected chi connectivity index (χ3v) is 7.43. The van der Waals surface area contributed by atoms with Crippen molar-refractivity contribution in [2.24, 2.45) is 0 Å². The maximum absolute atomic E-state index is 14.2. The van der Waals surface area contributed by atoms with E-state index in [2.05, 4.69) is 16.0 Å². The summed E-state index contributed by atoms with van der Waals surface area (Å²) >= 11 is 5.83. The van der Waals surface area contributed by atoms with Gasteiger partial charge in [-0.1, -0.05) is 23.7 Å². The monoisotopic (exact) mass is 597 g/mol. The fourth-order valence-electron chi connectivity index (χ4n) is 5.04. The van der Waals surface area contributed by atoms with Crippen LogP contribution in [0, 0.1) is 5.82 Å². The molecule has 1 saturated heterocycles. The second-order valence-electron chi connectivity index (χ2n) is 9.96. The number of carbonyl (C=O) groups is 4. The lowest BCUT2D eigenvalue weighted by Crippen LogP contribution is -2.46. The molecule has 1 fully saturated rings. The second kappa shape index (κ2) is 12.5. The zero-order valence-corrected chi connectivity index (χ0v) is 23.5. The summed E-state index contributed by atoms with van der Waals surface area (Å²) in [5.74, 6) is -1.27. The third kappa shape index (κ3) is 6.33. The summed E-state index contributed by atoms with van der Waals surface area (Å²) in [6, 6.07) is 8.67. The van der Waals surface area contributed by atoms with Gasteiger partial charge >= 0.3 is 6.09 Å². The number of Topliss-reactive ketones (excluding diaryl/α,β-unsaturated/α-hetero) is 1. The van der Waals surface area contributed by atoms with Crippen molar-refractivity contribution < 1.29 is 33.0 Å². The van der Waals surface area contributed by atoms with E-state index in [9.17, 15) is 23.6 Å². The number of hydrogen-bond donors (Lipinski definition) is 3. The Morgan fingerprint density at radius 2 is 2.00 bits per heavy atom. The molecule has 0 aliphatic carbocycles. The molecule has 13 heteroatoms. The highest BCUT2D eigenvalue weighted by atomic mass is 35.5. The van der Waals surface area contributed by atoms with Gasteiger partial charge in [-0.15, -0.1) is 0 Å². The van der Waals surface area contributed by atoms with E-state index < -0.39 is 18.0 Å². The fourth-order valence-corrected chi connectivity index (χ4v) is 5.24. The van der Waals surface area contributed by atoms with Crippen molar-refractivity contribution in [2.45, 2.75) is 38.9 Å². The number of rotatable bonds is 9. The molecule has 42 heavy (non-hydrogen) atoms. The lowest BCUT2D eigenvalue weighted by atomic mass is 10.1. The summed E-state index contributed by atoms with van der Waals surface area (Å²) in [5.41, 5.74) is 1.91. The van der Waals surface area contributed by atoms with Gasteiger partial charge in [0, 0.05) is 41.3 Å². The summed E-state index contributed by atoms with van der Waals surface area (Å²) < 4.78 is 26.3. The van der Waals surface area contributed by atoms with E-state index >= 15 is 0 Å². The number of carbonyl (C=O) groups excluding carboxylic acids is 4. The Bertz CT molecular complexity index is 1590. The van der Waals surface area contributed by atoms with Gasteiger partial charge in [-0.3, -0.25) is 14.4 Å². The van der Waals surface area contributed by atoms with Crippen LogP contribution in [0.2, 0.25) is 5.02 Å². The Balaban J connectivity index is 1.26. The first-order valence-corrected chi connectivity index (χ1v) is 13.7. The normalized spacial score (nSPS) is 16.0. The van der Waals surface area contributed by atoms with Gasteiger partial charge in [-0.2, -0.15) is 0 Å². The second-order valence-corrected chi connectivity index (χ2v) is 10.4. The topological polar surface area (TPSA) is 131 Å². The van der Waals surface area contributed by atoms with Crippen molar-refractivity contribution in [1.29, 1.82) is 0 Å². The molecular formula is C29H29ClFN5O6. The number of hydrogen-bond acceptors (Lipinski definition) is 7. The summed E-state index contributed by atoms with van der Waals surface area (Å²) in [6.07, 6.45) is 3.53. The van der Waals surface area contributed by atoms with Gasteiger partial charge in [0.15, 0.2) is 12.5 Å². The summed E-state index contributed by atoms with van der Waals surface area (Å²) in [5, 5.41) is 8.75. The Labute approximate surface area is 245 Å². The quantitative estimate of drug-likeness (QED) is 0.322. The fraction of sp³-hybridized carbons (Fsp3) is 0.310. The highest BCUT2D eigenvalue weighted by molar-refractivity contribution is 6.30. The van der Waals surface area contributed by atoms with Gasteiger partial charge in [0.25, 0.3) is 0 Å². The number of fused-ring (bicyclic) bond motifs is 1. The van der Waals surface area contributed by atoms with Crippen molar-refractivity contribution >= 4 is 46.2 Å². The van der Waals surface area contributed by atoms with Crippen molar-refractivity contribution in [3.63, 3.8) is 0 Å². The lowest BCUT2D eigenvalue weighted by molar-refractivity contribution is -0.138. The third-order valence-electron chi connectivity index (χ3n) is 7.14. The summed E-state index contributed by atoms with van der Waals surface area (Å²) in [7, 11) is 0. The van der Waals surface area contributed by atoms with Crippen molar-refractivity contribution in [1.82, 2.24) is 25.4 Å². The van der Waals surface area contributed by atoms with Crippen LogP contribution >= 0.6 is 11.6 Å². The molecule has 3 amide bonds. The van der Waals surface area contributed by atoms with Crippen LogP contribution < -0.4 is 20.7 Å². The van der Waals surface area contributed by atoms with Gasteiger partial charge in [0.05, 0.1) is 17.3 Å². The summed E-state index contributed by atoms with van der Waals surface area (Å²) in [6.45, 7) is 2.18. The molecular weight excluding hydrogens is 569 g/mol. The molecule has 0 saturated carbocycles. The van der Waals surface area contributed by atoms with Crippen LogP contribution in [0.1, 0.15) is 35.7 Å². The smallest absolute Gasteiger partial charge is 0.412 e. The molecule has 0 radical (unpaired) electrons. The molecule has 0 unspecified atom stereocenters. The van der Waals surface area contributed by atoms with E-state index in [0.29, 0.717) is 48.3 Å². The number of nitrogens with one attached hydrogen (secondary N) is 3. The summed E-state index contributed by atoms with van der Waals surface area (Å²) in [4.78, 5) is 52.5. The first-order valence-electron chi connectivity index (χ1n) is 13.4. The maximum Gasteiger partial charge on any atom is 0.412 e. The van der Waals surface area contributed by atoms with Gasteiger partial charge in [-0.25, -0.2) is 9.18 Å². The predicted molar refractivity (Wildman–Crippen MR) is 151 cm³/mol. The van der Waals surface area contributed by atoms with E-state index in [0.717, 1.165) is 0 Å². The minimum absolute atomic E-state index is 0.0319. The zero-order chi connectivity index (χ0) is 29.8. The molecule has 0 spiro atoms. The molecule has 3 aromatic rings. The van der Waals surface area contributed by atoms with Crippen molar-refractivity contribution in [3.05, 3.63) is 76.5 Å². The molecule has 1 aromatic heterocycles. The van der Waals surface area contributed by atoms with Crippen LogP contribution in [0.15, 0.2) is 54.6 Å². The number of benzene rings is 2. The molecule has 11 nitrogen and oxygen atoms in total. The largest absolute Gasteiger partial charge is 0.479 e. The maximum atomic E-state index is 14.2.